The second-order valence-corrected chi connectivity index (χ2v) is 8.48. The first-order chi connectivity index (χ1) is 9.95. The minimum Gasteiger partial charge on any atom is -0.315 e. The SMILES string of the molecule is CC(C)N(C(C)C)P(OC(C)(C)CC#N)OC(C)(C)CC#N. The summed E-state index contributed by atoms with van der Waals surface area (Å²) in [6, 6.07) is 4.79. The Balaban J connectivity index is 5.40. The molecule has 0 saturated carbocycles. The topological polar surface area (TPSA) is 69.3 Å². The van der Waals surface area contributed by atoms with Gasteiger partial charge in [-0.2, -0.15) is 10.5 Å². The molecule has 0 rings (SSSR count). The van der Waals surface area contributed by atoms with Crippen LogP contribution in [-0.4, -0.2) is 28.0 Å². The van der Waals surface area contributed by atoms with Crippen molar-refractivity contribution in [3.8, 4) is 12.1 Å². The average molecular weight is 327 g/mol. The average Bonchev–Trinajstić information content (AvgIpc) is 2.25. The maximum atomic E-state index is 8.97. The van der Waals surface area contributed by atoms with Crippen molar-refractivity contribution in [3.63, 3.8) is 0 Å². The van der Waals surface area contributed by atoms with E-state index in [1.807, 2.05) is 27.7 Å². The molecule has 0 aromatic carbocycles. The van der Waals surface area contributed by atoms with Crippen molar-refractivity contribution in [2.75, 3.05) is 0 Å². The lowest BCUT2D eigenvalue weighted by molar-refractivity contribution is 0.0321. The van der Waals surface area contributed by atoms with Gasteiger partial charge in [0.25, 0.3) is 8.53 Å². The summed E-state index contributed by atoms with van der Waals surface area (Å²) in [5.41, 5.74) is -1.18. The molecule has 0 unspecified atom stereocenters. The van der Waals surface area contributed by atoms with Crippen LogP contribution in [0.5, 0.6) is 0 Å². The van der Waals surface area contributed by atoms with E-state index in [9.17, 15) is 0 Å². The Hall–Kier alpha value is -0.710. The fourth-order valence-electron chi connectivity index (χ4n) is 1.95. The van der Waals surface area contributed by atoms with Crippen molar-refractivity contribution in [2.24, 2.45) is 0 Å². The highest BCUT2D eigenvalue weighted by molar-refractivity contribution is 7.44. The third-order valence-corrected chi connectivity index (χ3v) is 5.51. The Morgan fingerprint density at radius 2 is 1.18 bits per heavy atom. The van der Waals surface area contributed by atoms with E-state index in [4.69, 9.17) is 19.6 Å². The standard InChI is InChI=1S/C16H30N3O2P/c1-13(2)19(14(3)4)22(20-15(5,6)9-11-17)21-16(7,8)10-12-18/h13-14H,9-10H2,1-8H3. The highest BCUT2D eigenvalue weighted by Gasteiger charge is 2.37. The molecule has 0 fully saturated rings. The number of hydrogen-bond donors (Lipinski definition) is 0. The van der Waals surface area contributed by atoms with Gasteiger partial charge in [-0.3, -0.25) is 0 Å². The molecule has 5 nitrogen and oxygen atoms in total. The molecular weight excluding hydrogens is 297 g/mol. The summed E-state index contributed by atoms with van der Waals surface area (Å²) < 4.78 is 14.5. The molecule has 0 spiro atoms. The number of rotatable bonds is 9. The van der Waals surface area contributed by atoms with Gasteiger partial charge in [0.1, 0.15) is 0 Å². The molecule has 0 aromatic heterocycles. The van der Waals surface area contributed by atoms with Crippen molar-refractivity contribution in [1.82, 2.24) is 4.67 Å². The second kappa shape index (κ2) is 8.80. The molecule has 0 radical (unpaired) electrons. The summed E-state index contributed by atoms with van der Waals surface area (Å²) in [5, 5.41) is 17.9. The van der Waals surface area contributed by atoms with E-state index in [2.05, 4.69) is 44.5 Å². The maximum absolute atomic E-state index is 8.97. The Bertz CT molecular complexity index is 384. The Morgan fingerprint density at radius 3 is 1.41 bits per heavy atom. The first-order valence-corrected chi connectivity index (χ1v) is 8.79. The molecule has 22 heavy (non-hydrogen) atoms. The van der Waals surface area contributed by atoms with Crippen LogP contribution in [0.4, 0.5) is 0 Å². The van der Waals surface area contributed by atoms with Gasteiger partial charge >= 0.3 is 0 Å². The van der Waals surface area contributed by atoms with Gasteiger partial charge in [0.15, 0.2) is 0 Å². The summed E-state index contributed by atoms with van der Waals surface area (Å²) >= 11 is 0. The second-order valence-electron chi connectivity index (χ2n) is 7.18. The highest BCUT2D eigenvalue weighted by Crippen LogP contribution is 2.52. The maximum Gasteiger partial charge on any atom is 0.260 e. The van der Waals surface area contributed by atoms with E-state index in [0.717, 1.165) is 0 Å². The van der Waals surface area contributed by atoms with Crippen LogP contribution >= 0.6 is 8.53 Å². The number of nitrogens with zero attached hydrogens (tertiary/aromatic N) is 3. The van der Waals surface area contributed by atoms with Gasteiger partial charge in [0.2, 0.25) is 0 Å². The third kappa shape index (κ3) is 7.52. The first kappa shape index (κ1) is 21.3. The molecule has 0 aromatic rings. The predicted molar refractivity (Wildman–Crippen MR) is 89.8 cm³/mol. The predicted octanol–water partition coefficient (Wildman–Crippen LogP) is 4.75. The zero-order valence-electron chi connectivity index (χ0n) is 15.2. The number of nitriles is 2. The van der Waals surface area contributed by atoms with Gasteiger partial charge in [-0.15, -0.1) is 0 Å². The molecule has 0 aliphatic heterocycles. The van der Waals surface area contributed by atoms with Crippen LogP contribution in [0, 0.1) is 22.7 Å². The molecular formula is C16H30N3O2P. The largest absolute Gasteiger partial charge is 0.315 e. The first-order valence-electron chi connectivity index (χ1n) is 7.66. The number of hydrogen-bond acceptors (Lipinski definition) is 5. The van der Waals surface area contributed by atoms with E-state index < -0.39 is 19.7 Å². The van der Waals surface area contributed by atoms with E-state index >= 15 is 0 Å². The molecule has 0 heterocycles. The van der Waals surface area contributed by atoms with Gasteiger partial charge in [-0.25, -0.2) is 4.67 Å². The third-order valence-electron chi connectivity index (χ3n) is 2.91. The van der Waals surface area contributed by atoms with E-state index in [1.54, 1.807) is 0 Å². The fourth-order valence-corrected chi connectivity index (χ4v) is 3.91. The lowest BCUT2D eigenvalue weighted by Gasteiger charge is -2.42. The molecule has 6 heteroatoms. The van der Waals surface area contributed by atoms with Crippen LogP contribution < -0.4 is 0 Å². The highest BCUT2D eigenvalue weighted by atomic mass is 31.2. The zero-order chi connectivity index (χ0) is 17.6. The van der Waals surface area contributed by atoms with Crippen molar-refractivity contribution >= 4 is 8.53 Å². The quantitative estimate of drug-likeness (QED) is 0.572. The molecule has 0 atom stereocenters. The zero-order valence-corrected chi connectivity index (χ0v) is 16.1. The van der Waals surface area contributed by atoms with Crippen LogP contribution in [0.3, 0.4) is 0 Å². The van der Waals surface area contributed by atoms with Gasteiger partial charge < -0.3 is 9.05 Å². The summed E-state index contributed by atoms with van der Waals surface area (Å²) in [5.74, 6) is 0. The molecule has 126 valence electrons. The summed E-state index contributed by atoms with van der Waals surface area (Å²) in [4.78, 5) is 0. The molecule has 0 aliphatic carbocycles. The van der Waals surface area contributed by atoms with Crippen LogP contribution in [0.15, 0.2) is 0 Å². The van der Waals surface area contributed by atoms with Crippen LogP contribution in [0.2, 0.25) is 0 Å². The minimum absolute atomic E-state index is 0.238. The van der Waals surface area contributed by atoms with Crippen LogP contribution in [0.1, 0.15) is 68.2 Å². The summed E-state index contributed by atoms with van der Waals surface area (Å²) in [7, 11) is -1.37. The minimum atomic E-state index is -1.37. The summed E-state index contributed by atoms with van der Waals surface area (Å²) in [6.07, 6.45) is 0.579. The normalized spacial score (nSPS) is 13.0. The van der Waals surface area contributed by atoms with E-state index in [-0.39, 0.29) is 24.9 Å². The van der Waals surface area contributed by atoms with Gasteiger partial charge in [0, 0.05) is 12.1 Å². The van der Waals surface area contributed by atoms with Gasteiger partial charge in [-0.1, -0.05) is 0 Å². The molecule has 0 aliphatic rings. The van der Waals surface area contributed by atoms with E-state index in [0.29, 0.717) is 0 Å². The Kier molecular flexibility index (Phi) is 8.52. The Labute approximate surface area is 137 Å². The monoisotopic (exact) mass is 327 g/mol. The molecule has 0 bridgehead atoms. The van der Waals surface area contributed by atoms with Crippen LogP contribution in [0.25, 0.3) is 0 Å². The van der Waals surface area contributed by atoms with Gasteiger partial charge in [0.05, 0.1) is 36.2 Å². The molecule has 0 saturated heterocycles. The van der Waals surface area contributed by atoms with E-state index in [1.165, 1.54) is 0 Å². The van der Waals surface area contributed by atoms with Crippen molar-refractivity contribution in [3.05, 3.63) is 0 Å². The summed E-state index contributed by atoms with van der Waals surface area (Å²) in [6.45, 7) is 16.0. The lowest BCUT2D eigenvalue weighted by atomic mass is 10.1. The lowest BCUT2D eigenvalue weighted by Crippen LogP contribution is -2.38. The van der Waals surface area contributed by atoms with Crippen molar-refractivity contribution in [1.29, 1.82) is 10.5 Å². The van der Waals surface area contributed by atoms with Gasteiger partial charge in [-0.05, 0) is 55.4 Å². The Morgan fingerprint density at radius 1 is 0.864 bits per heavy atom. The van der Waals surface area contributed by atoms with Crippen molar-refractivity contribution in [2.45, 2.75) is 91.5 Å². The molecule has 0 N–H and O–H groups in total. The smallest absolute Gasteiger partial charge is 0.260 e. The van der Waals surface area contributed by atoms with Crippen molar-refractivity contribution < 1.29 is 9.05 Å². The molecule has 0 amide bonds. The fraction of sp³-hybridized carbons (Fsp3) is 0.875. The van der Waals surface area contributed by atoms with Crippen LogP contribution in [-0.2, 0) is 9.05 Å².